The van der Waals surface area contributed by atoms with Gasteiger partial charge in [0.2, 0.25) is 0 Å². The lowest BCUT2D eigenvalue weighted by atomic mass is 10.1. The molecular weight excluding hydrogens is 229 g/mol. The fraction of sp³-hybridized carbons (Fsp3) is 0.286. The first-order chi connectivity index (χ1) is 8.60. The molecule has 3 nitrogen and oxygen atoms in total. The zero-order chi connectivity index (χ0) is 13.1. The number of rotatable bonds is 3. The van der Waals surface area contributed by atoms with E-state index in [4.69, 9.17) is 0 Å². The Morgan fingerprint density at radius 1 is 1.11 bits per heavy atom. The second-order valence-electron chi connectivity index (χ2n) is 4.41. The number of nitrogens with zero attached hydrogens (tertiary/aromatic N) is 2. The Morgan fingerprint density at radius 3 is 2.33 bits per heavy atom. The summed E-state index contributed by atoms with van der Waals surface area (Å²) in [7, 11) is 1.82. The maximum atomic E-state index is 12.9. The minimum atomic E-state index is -0.257. The highest BCUT2D eigenvalue weighted by molar-refractivity contribution is 5.57. The third-order valence-corrected chi connectivity index (χ3v) is 2.70. The molecule has 0 aliphatic heterocycles. The predicted molar refractivity (Wildman–Crippen MR) is 71.1 cm³/mol. The van der Waals surface area contributed by atoms with Crippen LogP contribution in [-0.4, -0.2) is 17.0 Å². The molecule has 0 bridgehead atoms. The minimum Gasteiger partial charge on any atom is -0.373 e. The molecular formula is C14H16FN3. The van der Waals surface area contributed by atoms with E-state index in [0.717, 1.165) is 17.1 Å². The molecule has 2 rings (SSSR count). The van der Waals surface area contributed by atoms with Gasteiger partial charge < -0.3 is 5.32 Å². The Labute approximate surface area is 106 Å². The van der Waals surface area contributed by atoms with Crippen molar-refractivity contribution >= 4 is 5.82 Å². The first-order valence-corrected chi connectivity index (χ1v) is 5.93. The van der Waals surface area contributed by atoms with Crippen LogP contribution in [0.3, 0.4) is 0 Å². The smallest absolute Gasteiger partial charge is 0.161 e. The van der Waals surface area contributed by atoms with Crippen LogP contribution in [0.25, 0.3) is 11.4 Å². The van der Waals surface area contributed by atoms with Gasteiger partial charge in [0.15, 0.2) is 5.82 Å². The Bertz CT molecular complexity index is 535. The van der Waals surface area contributed by atoms with Crippen molar-refractivity contribution in [2.75, 3.05) is 12.4 Å². The van der Waals surface area contributed by atoms with Crippen LogP contribution in [0.2, 0.25) is 0 Å². The molecule has 0 saturated carbocycles. The normalized spacial score (nSPS) is 10.7. The van der Waals surface area contributed by atoms with Crippen LogP contribution in [0.4, 0.5) is 10.2 Å². The molecule has 0 aliphatic carbocycles. The SMILES string of the molecule is CNc1cc(C(C)C)nc(-c2ccc(F)cc2)n1. The molecule has 0 amide bonds. The average Bonchev–Trinajstić information content (AvgIpc) is 2.39. The second-order valence-corrected chi connectivity index (χ2v) is 4.41. The zero-order valence-electron chi connectivity index (χ0n) is 10.7. The van der Waals surface area contributed by atoms with Crippen molar-refractivity contribution in [3.63, 3.8) is 0 Å². The highest BCUT2D eigenvalue weighted by Crippen LogP contribution is 2.21. The van der Waals surface area contributed by atoms with Crippen molar-refractivity contribution in [3.05, 3.63) is 41.8 Å². The number of aromatic nitrogens is 2. The molecule has 1 aromatic heterocycles. The van der Waals surface area contributed by atoms with Crippen LogP contribution in [0.15, 0.2) is 30.3 Å². The topological polar surface area (TPSA) is 37.8 Å². The summed E-state index contributed by atoms with van der Waals surface area (Å²) >= 11 is 0. The lowest BCUT2D eigenvalue weighted by Crippen LogP contribution is -2.02. The van der Waals surface area contributed by atoms with Gasteiger partial charge in [-0.15, -0.1) is 0 Å². The fourth-order valence-corrected chi connectivity index (χ4v) is 1.62. The molecule has 0 aliphatic rings. The highest BCUT2D eigenvalue weighted by atomic mass is 19.1. The number of hydrogen-bond acceptors (Lipinski definition) is 3. The van der Waals surface area contributed by atoms with Crippen molar-refractivity contribution < 1.29 is 4.39 Å². The first kappa shape index (κ1) is 12.5. The van der Waals surface area contributed by atoms with Crippen LogP contribution in [0.1, 0.15) is 25.5 Å². The third kappa shape index (κ3) is 2.64. The van der Waals surface area contributed by atoms with E-state index in [1.54, 1.807) is 12.1 Å². The summed E-state index contributed by atoms with van der Waals surface area (Å²) in [5, 5.41) is 3.02. The summed E-state index contributed by atoms with van der Waals surface area (Å²) in [6.07, 6.45) is 0. The second kappa shape index (κ2) is 5.12. The number of nitrogens with one attached hydrogen (secondary N) is 1. The van der Waals surface area contributed by atoms with Crippen LogP contribution < -0.4 is 5.32 Å². The van der Waals surface area contributed by atoms with Crippen molar-refractivity contribution in [2.45, 2.75) is 19.8 Å². The lowest BCUT2D eigenvalue weighted by molar-refractivity contribution is 0.628. The first-order valence-electron chi connectivity index (χ1n) is 5.93. The fourth-order valence-electron chi connectivity index (χ4n) is 1.62. The van der Waals surface area contributed by atoms with Crippen LogP contribution in [0.5, 0.6) is 0 Å². The Kier molecular flexibility index (Phi) is 3.55. The van der Waals surface area contributed by atoms with E-state index in [1.807, 2.05) is 13.1 Å². The number of benzene rings is 1. The number of anilines is 1. The summed E-state index contributed by atoms with van der Waals surface area (Å²) in [6.45, 7) is 4.16. The molecule has 1 N–H and O–H groups in total. The molecule has 1 aromatic carbocycles. The maximum absolute atomic E-state index is 12.9. The summed E-state index contributed by atoms with van der Waals surface area (Å²) in [5.41, 5.74) is 1.78. The average molecular weight is 245 g/mol. The minimum absolute atomic E-state index is 0.257. The van der Waals surface area contributed by atoms with Gasteiger partial charge in [-0.1, -0.05) is 13.8 Å². The standard InChI is InChI=1S/C14H16FN3/c1-9(2)12-8-13(16-3)18-14(17-12)10-4-6-11(15)7-5-10/h4-9H,1-3H3,(H,16,17,18). The maximum Gasteiger partial charge on any atom is 0.161 e. The molecule has 1 heterocycles. The Morgan fingerprint density at radius 2 is 1.78 bits per heavy atom. The van der Waals surface area contributed by atoms with Gasteiger partial charge in [0.1, 0.15) is 11.6 Å². The van der Waals surface area contributed by atoms with Gasteiger partial charge in [0.05, 0.1) is 0 Å². The molecule has 0 fully saturated rings. The highest BCUT2D eigenvalue weighted by Gasteiger charge is 2.08. The van der Waals surface area contributed by atoms with Crippen LogP contribution in [0, 0.1) is 5.82 Å². The third-order valence-electron chi connectivity index (χ3n) is 2.70. The van der Waals surface area contributed by atoms with Crippen LogP contribution >= 0.6 is 0 Å². The van der Waals surface area contributed by atoms with E-state index in [0.29, 0.717) is 11.7 Å². The van der Waals surface area contributed by atoms with Crippen molar-refractivity contribution in [1.29, 1.82) is 0 Å². The number of halogens is 1. The van der Waals surface area contributed by atoms with Crippen molar-refractivity contribution in [1.82, 2.24) is 9.97 Å². The van der Waals surface area contributed by atoms with E-state index < -0.39 is 0 Å². The lowest BCUT2D eigenvalue weighted by Gasteiger charge is -2.10. The van der Waals surface area contributed by atoms with E-state index in [2.05, 4.69) is 29.1 Å². The molecule has 18 heavy (non-hydrogen) atoms. The zero-order valence-corrected chi connectivity index (χ0v) is 10.7. The Balaban J connectivity index is 2.49. The van der Waals surface area contributed by atoms with Crippen molar-refractivity contribution in [2.24, 2.45) is 0 Å². The monoisotopic (exact) mass is 245 g/mol. The molecule has 0 saturated heterocycles. The summed E-state index contributed by atoms with van der Waals surface area (Å²) in [5.74, 6) is 1.45. The van der Waals surface area contributed by atoms with Gasteiger partial charge in [0, 0.05) is 24.4 Å². The van der Waals surface area contributed by atoms with Gasteiger partial charge in [-0.3, -0.25) is 0 Å². The van der Waals surface area contributed by atoms with Gasteiger partial charge in [-0.05, 0) is 30.2 Å². The molecule has 2 aromatic rings. The molecule has 4 heteroatoms. The Hall–Kier alpha value is -1.97. The largest absolute Gasteiger partial charge is 0.373 e. The van der Waals surface area contributed by atoms with E-state index in [1.165, 1.54) is 12.1 Å². The summed E-state index contributed by atoms with van der Waals surface area (Å²) < 4.78 is 12.9. The van der Waals surface area contributed by atoms with Gasteiger partial charge in [-0.2, -0.15) is 0 Å². The van der Waals surface area contributed by atoms with Crippen molar-refractivity contribution in [3.8, 4) is 11.4 Å². The summed E-state index contributed by atoms with van der Waals surface area (Å²) in [6, 6.07) is 8.14. The van der Waals surface area contributed by atoms with Gasteiger partial charge in [0.25, 0.3) is 0 Å². The quantitative estimate of drug-likeness (QED) is 0.900. The predicted octanol–water partition coefficient (Wildman–Crippen LogP) is 3.45. The van der Waals surface area contributed by atoms with Crippen LogP contribution in [-0.2, 0) is 0 Å². The van der Waals surface area contributed by atoms with E-state index in [-0.39, 0.29) is 5.82 Å². The molecule has 0 radical (unpaired) electrons. The van der Waals surface area contributed by atoms with E-state index in [9.17, 15) is 4.39 Å². The van der Waals surface area contributed by atoms with Gasteiger partial charge in [-0.25, -0.2) is 14.4 Å². The van der Waals surface area contributed by atoms with Gasteiger partial charge >= 0.3 is 0 Å². The molecule has 0 atom stereocenters. The molecule has 0 unspecified atom stereocenters. The molecule has 0 spiro atoms. The number of hydrogen-bond donors (Lipinski definition) is 1. The molecule has 94 valence electrons. The van der Waals surface area contributed by atoms with E-state index >= 15 is 0 Å². The summed E-state index contributed by atoms with van der Waals surface area (Å²) in [4.78, 5) is 8.90.